The van der Waals surface area contributed by atoms with Crippen LogP contribution in [0.25, 0.3) is 5.69 Å². The smallest absolute Gasteiger partial charge is 0.358 e. The van der Waals surface area contributed by atoms with E-state index in [4.69, 9.17) is 4.74 Å². The number of rotatable bonds is 5. The van der Waals surface area contributed by atoms with E-state index in [9.17, 15) is 9.90 Å². The lowest BCUT2D eigenvalue weighted by Gasteiger charge is -2.08. The summed E-state index contributed by atoms with van der Waals surface area (Å²) in [6, 6.07) is 11.2. The summed E-state index contributed by atoms with van der Waals surface area (Å²) >= 11 is 1.57. The van der Waals surface area contributed by atoms with Gasteiger partial charge in [-0.25, -0.2) is 9.48 Å². The van der Waals surface area contributed by atoms with E-state index >= 15 is 0 Å². The number of hydrogen-bond acceptors (Lipinski definition) is 5. The van der Waals surface area contributed by atoms with Gasteiger partial charge in [-0.1, -0.05) is 17.3 Å². The molecule has 0 aliphatic carbocycles. The maximum absolute atomic E-state index is 11.4. The van der Waals surface area contributed by atoms with E-state index in [0.717, 1.165) is 4.88 Å². The van der Waals surface area contributed by atoms with Crippen molar-refractivity contribution in [2.24, 2.45) is 0 Å². The molecule has 1 N–H and O–H groups in total. The van der Waals surface area contributed by atoms with Crippen molar-refractivity contribution in [3.63, 3.8) is 0 Å². The number of ether oxygens (including phenoxy) is 1. The summed E-state index contributed by atoms with van der Waals surface area (Å²) in [6.45, 7) is 0. The van der Waals surface area contributed by atoms with Crippen LogP contribution in [0.5, 0.6) is 5.75 Å². The maximum Gasteiger partial charge on any atom is 0.358 e. The quantitative estimate of drug-likeness (QED) is 0.783. The molecular formula is C15H13N3O3S. The largest absolute Gasteiger partial charge is 0.497 e. The Morgan fingerprint density at radius 3 is 2.91 bits per heavy atom. The van der Waals surface area contributed by atoms with Crippen molar-refractivity contribution in [3.05, 3.63) is 58.0 Å². The summed E-state index contributed by atoms with van der Waals surface area (Å²) in [4.78, 5) is 12.4. The molecule has 0 saturated carbocycles. The zero-order valence-corrected chi connectivity index (χ0v) is 12.6. The molecule has 3 aromatic rings. The van der Waals surface area contributed by atoms with Crippen LogP contribution in [0, 0.1) is 0 Å². The molecule has 0 amide bonds. The van der Waals surface area contributed by atoms with Gasteiger partial charge in [-0.2, -0.15) is 0 Å². The van der Waals surface area contributed by atoms with Crippen LogP contribution in [0.15, 0.2) is 41.8 Å². The summed E-state index contributed by atoms with van der Waals surface area (Å²) in [7, 11) is 1.58. The third-order valence-electron chi connectivity index (χ3n) is 3.19. The minimum absolute atomic E-state index is 0.0313. The number of methoxy groups -OCH3 is 1. The first kappa shape index (κ1) is 14.3. The fourth-order valence-corrected chi connectivity index (χ4v) is 2.86. The van der Waals surface area contributed by atoms with Gasteiger partial charge < -0.3 is 9.84 Å². The minimum Gasteiger partial charge on any atom is -0.497 e. The predicted molar refractivity (Wildman–Crippen MR) is 82.0 cm³/mol. The van der Waals surface area contributed by atoms with E-state index < -0.39 is 5.97 Å². The first-order chi connectivity index (χ1) is 10.7. The summed E-state index contributed by atoms with van der Waals surface area (Å²) < 4.78 is 6.75. The number of thiophene rings is 1. The van der Waals surface area contributed by atoms with Gasteiger partial charge in [0.25, 0.3) is 0 Å². The minimum atomic E-state index is -1.08. The number of carboxylic acid groups (broad SMARTS) is 1. The summed E-state index contributed by atoms with van der Waals surface area (Å²) in [5.41, 5.74) is 1.23. The van der Waals surface area contributed by atoms with Gasteiger partial charge in [-0.3, -0.25) is 0 Å². The normalized spacial score (nSPS) is 10.6. The monoisotopic (exact) mass is 315 g/mol. The average Bonchev–Trinajstić information content (AvgIpc) is 3.17. The number of nitrogens with zero attached hydrogens (tertiary/aromatic N) is 3. The van der Waals surface area contributed by atoms with Gasteiger partial charge in [-0.15, -0.1) is 16.4 Å². The highest BCUT2D eigenvalue weighted by Crippen LogP contribution is 2.22. The van der Waals surface area contributed by atoms with Crippen LogP contribution in [0.2, 0.25) is 0 Å². The molecule has 3 rings (SSSR count). The second kappa shape index (κ2) is 5.98. The van der Waals surface area contributed by atoms with Crippen LogP contribution in [-0.4, -0.2) is 33.2 Å². The summed E-state index contributed by atoms with van der Waals surface area (Å²) in [5.74, 6) is -0.410. The molecule has 112 valence electrons. The van der Waals surface area contributed by atoms with Gasteiger partial charge in [0.05, 0.1) is 18.5 Å². The molecule has 22 heavy (non-hydrogen) atoms. The summed E-state index contributed by atoms with van der Waals surface area (Å²) in [5, 5.41) is 19.1. The number of aromatic nitrogens is 3. The van der Waals surface area contributed by atoms with Crippen molar-refractivity contribution in [2.45, 2.75) is 6.42 Å². The van der Waals surface area contributed by atoms with Crippen LogP contribution in [0.3, 0.4) is 0 Å². The lowest BCUT2D eigenvalue weighted by atomic mass is 10.2. The second-order valence-corrected chi connectivity index (χ2v) is 5.59. The first-order valence-electron chi connectivity index (χ1n) is 6.53. The summed E-state index contributed by atoms with van der Waals surface area (Å²) in [6.07, 6.45) is 0.462. The molecule has 0 bridgehead atoms. The SMILES string of the molecule is COc1cccc(-n2nnc(C(=O)O)c2Cc2cccs2)c1. The number of carboxylic acids is 1. The maximum atomic E-state index is 11.4. The zero-order chi connectivity index (χ0) is 15.5. The molecule has 0 atom stereocenters. The van der Waals surface area contributed by atoms with Crippen LogP contribution in [-0.2, 0) is 6.42 Å². The van der Waals surface area contributed by atoms with Crippen molar-refractivity contribution in [3.8, 4) is 11.4 Å². The molecule has 0 saturated heterocycles. The molecule has 7 heteroatoms. The molecule has 0 radical (unpaired) electrons. The molecule has 2 heterocycles. The Morgan fingerprint density at radius 2 is 2.23 bits per heavy atom. The van der Waals surface area contributed by atoms with Crippen molar-refractivity contribution in [1.82, 2.24) is 15.0 Å². The number of benzene rings is 1. The highest BCUT2D eigenvalue weighted by Gasteiger charge is 2.20. The average molecular weight is 315 g/mol. The van der Waals surface area contributed by atoms with Crippen molar-refractivity contribution >= 4 is 17.3 Å². The standard InChI is InChI=1S/C15H13N3O3S/c1-21-11-5-2-4-10(8-11)18-13(9-12-6-3-7-22-12)14(15(19)20)16-17-18/h2-8H,9H2,1H3,(H,19,20). The first-order valence-corrected chi connectivity index (χ1v) is 7.41. The molecule has 1 aromatic carbocycles. The highest BCUT2D eigenvalue weighted by atomic mass is 32.1. The van der Waals surface area contributed by atoms with Crippen LogP contribution >= 0.6 is 11.3 Å². The topological polar surface area (TPSA) is 77.2 Å². The van der Waals surface area contributed by atoms with E-state index in [1.54, 1.807) is 29.2 Å². The third kappa shape index (κ3) is 2.71. The Bertz CT molecular complexity index is 796. The van der Waals surface area contributed by atoms with Crippen molar-refractivity contribution < 1.29 is 14.6 Å². The van der Waals surface area contributed by atoms with Crippen LogP contribution in [0.1, 0.15) is 21.1 Å². The fourth-order valence-electron chi connectivity index (χ4n) is 2.15. The van der Waals surface area contributed by atoms with E-state index in [-0.39, 0.29) is 5.69 Å². The molecule has 0 unspecified atom stereocenters. The van der Waals surface area contributed by atoms with Gasteiger partial charge >= 0.3 is 5.97 Å². The van der Waals surface area contributed by atoms with E-state index in [1.807, 2.05) is 35.7 Å². The van der Waals surface area contributed by atoms with E-state index in [2.05, 4.69) is 10.3 Å². The van der Waals surface area contributed by atoms with Crippen LogP contribution in [0.4, 0.5) is 0 Å². The van der Waals surface area contributed by atoms with Gasteiger partial charge in [-0.05, 0) is 23.6 Å². The third-order valence-corrected chi connectivity index (χ3v) is 4.06. The van der Waals surface area contributed by atoms with E-state index in [1.165, 1.54) is 0 Å². The van der Waals surface area contributed by atoms with Crippen LogP contribution < -0.4 is 4.74 Å². The molecular weight excluding hydrogens is 302 g/mol. The Labute approximate surface area is 130 Å². The van der Waals surface area contributed by atoms with Crippen molar-refractivity contribution in [2.75, 3.05) is 7.11 Å². The van der Waals surface area contributed by atoms with Gasteiger partial charge in [0, 0.05) is 17.4 Å². The lowest BCUT2D eigenvalue weighted by Crippen LogP contribution is -2.07. The Balaban J connectivity index is 2.08. The molecule has 0 aliphatic heterocycles. The number of carbonyl (C=O) groups is 1. The van der Waals surface area contributed by atoms with Crippen molar-refractivity contribution in [1.29, 1.82) is 0 Å². The van der Waals surface area contributed by atoms with Gasteiger partial charge in [0.1, 0.15) is 5.75 Å². The molecule has 0 spiro atoms. The Morgan fingerprint density at radius 1 is 1.36 bits per heavy atom. The van der Waals surface area contributed by atoms with Gasteiger partial charge in [0.2, 0.25) is 0 Å². The number of hydrogen-bond donors (Lipinski definition) is 1. The fraction of sp³-hybridized carbons (Fsp3) is 0.133. The highest BCUT2D eigenvalue weighted by molar-refractivity contribution is 7.09. The van der Waals surface area contributed by atoms with Gasteiger partial charge in [0.15, 0.2) is 5.69 Å². The molecule has 6 nitrogen and oxygen atoms in total. The molecule has 2 aromatic heterocycles. The molecule has 0 aliphatic rings. The predicted octanol–water partition coefficient (Wildman–Crippen LogP) is 2.63. The number of aromatic carboxylic acids is 1. The molecule has 0 fully saturated rings. The zero-order valence-electron chi connectivity index (χ0n) is 11.8. The Hall–Kier alpha value is -2.67. The Kier molecular flexibility index (Phi) is 3.88. The lowest BCUT2D eigenvalue weighted by molar-refractivity contribution is 0.0689. The second-order valence-electron chi connectivity index (χ2n) is 4.56. The van der Waals surface area contributed by atoms with E-state index in [0.29, 0.717) is 23.6 Å².